The molecule has 1 aromatic carbocycles. The van der Waals surface area contributed by atoms with Crippen molar-refractivity contribution in [1.29, 1.82) is 0 Å². The third kappa shape index (κ3) is 6.61. The SMILES string of the molecule is CCCCSCCSc1cn(CCSCCCC)c2ccccc12. The molecule has 0 N–H and O–H groups in total. The van der Waals surface area contributed by atoms with Crippen LogP contribution in [0.4, 0.5) is 0 Å². The van der Waals surface area contributed by atoms with E-state index in [9.17, 15) is 0 Å². The van der Waals surface area contributed by atoms with Gasteiger partial charge in [-0.2, -0.15) is 23.5 Å². The number of aryl methyl sites for hydroxylation is 1. The predicted molar refractivity (Wildman–Crippen MR) is 117 cm³/mol. The van der Waals surface area contributed by atoms with Crippen molar-refractivity contribution in [2.75, 3.05) is 28.8 Å². The molecular formula is C20H31NS3. The molecule has 1 heterocycles. The maximum absolute atomic E-state index is 2.46. The summed E-state index contributed by atoms with van der Waals surface area (Å²) in [7, 11) is 0. The van der Waals surface area contributed by atoms with E-state index in [1.165, 1.54) is 70.2 Å². The second-order valence-corrected chi connectivity index (χ2v) is 9.57. The van der Waals surface area contributed by atoms with Crippen molar-refractivity contribution in [1.82, 2.24) is 4.57 Å². The Morgan fingerprint density at radius 2 is 1.54 bits per heavy atom. The van der Waals surface area contributed by atoms with Crippen LogP contribution in [0.15, 0.2) is 35.4 Å². The summed E-state index contributed by atoms with van der Waals surface area (Å²) in [6, 6.07) is 8.88. The molecular weight excluding hydrogens is 350 g/mol. The Balaban J connectivity index is 1.87. The van der Waals surface area contributed by atoms with Gasteiger partial charge >= 0.3 is 0 Å². The first kappa shape index (κ1) is 20.1. The molecule has 1 aromatic heterocycles. The first-order chi connectivity index (χ1) is 11.9. The van der Waals surface area contributed by atoms with Gasteiger partial charge in [0.25, 0.3) is 0 Å². The monoisotopic (exact) mass is 381 g/mol. The van der Waals surface area contributed by atoms with Crippen molar-refractivity contribution in [2.24, 2.45) is 0 Å². The molecule has 0 spiro atoms. The summed E-state index contributed by atoms with van der Waals surface area (Å²) < 4.78 is 2.46. The van der Waals surface area contributed by atoms with Crippen LogP contribution in [0, 0.1) is 0 Å². The van der Waals surface area contributed by atoms with E-state index in [1.54, 1.807) is 0 Å². The Kier molecular flexibility index (Phi) is 10.2. The second-order valence-electron chi connectivity index (χ2n) is 5.98. The molecule has 4 heteroatoms. The van der Waals surface area contributed by atoms with Gasteiger partial charge in [0, 0.05) is 45.8 Å². The number of hydrogen-bond donors (Lipinski definition) is 0. The maximum atomic E-state index is 2.46. The Morgan fingerprint density at radius 3 is 2.29 bits per heavy atom. The van der Waals surface area contributed by atoms with E-state index in [0.717, 1.165) is 6.54 Å². The van der Waals surface area contributed by atoms with Crippen molar-refractivity contribution in [3.8, 4) is 0 Å². The zero-order chi connectivity index (χ0) is 17.0. The molecule has 0 bridgehead atoms. The largest absolute Gasteiger partial charge is 0.345 e. The highest BCUT2D eigenvalue weighted by Crippen LogP contribution is 2.30. The fourth-order valence-corrected chi connectivity index (χ4v) is 5.86. The molecule has 0 saturated heterocycles. The zero-order valence-electron chi connectivity index (χ0n) is 15.1. The van der Waals surface area contributed by atoms with Gasteiger partial charge in [0.2, 0.25) is 0 Å². The number of unbranched alkanes of at least 4 members (excludes halogenated alkanes) is 2. The molecule has 0 amide bonds. The third-order valence-corrected chi connectivity index (χ3v) is 7.42. The predicted octanol–water partition coefficient (Wildman–Crippen LogP) is 6.80. The number of rotatable bonds is 13. The number of fused-ring (bicyclic) bond motifs is 1. The average Bonchev–Trinajstić information content (AvgIpc) is 2.96. The van der Waals surface area contributed by atoms with Crippen molar-refractivity contribution in [3.05, 3.63) is 30.5 Å². The van der Waals surface area contributed by atoms with Gasteiger partial charge in [-0.3, -0.25) is 0 Å². The zero-order valence-corrected chi connectivity index (χ0v) is 17.6. The average molecular weight is 382 g/mol. The highest BCUT2D eigenvalue weighted by Gasteiger charge is 2.08. The van der Waals surface area contributed by atoms with Crippen LogP contribution in [-0.4, -0.2) is 33.3 Å². The Morgan fingerprint density at radius 1 is 0.833 bits per heavy atom. The van der Waals surface area contributed by atoms with Crippen LogP contribution in [0.1, 0.15) is 39.5 Å². The minimum absolute atomic E-state index is 1.13. The number of benzene rings is 1. The summed E-state index contributed by atoms with van der Waals surface area (Å²) in [5.41, 5.74) is 1.40. The van der Waals surface area contributed by atoms with Crippen molar-refractivity contribution in [2.45, 2.75) is 51.0 Å². The minimum Gasteiger partial charge on any atom is -0.345 e. The molecule has 0 unspecified atom stereocenters. The van der Waals surface area contributed by atoms with Crippen molar-refractivity contribution in [3.63, 3.8) is 0 Å². The van der Waals surface area contributed by atoms with Crippen molar-refractivity contribution >= 4 is 46.2 Å². The molecule has 0 fully saturated rings. The molecule has 24 heavy (non-hydrogen) atoms. The molecule has 0 atom stereocenters. The Bertz CT molecular complexity index is 579. The lowest BCUT2D eigenvalue weighted by molar-refractivity contribution is 0.799. The van der Waals surface area contributed by atoms with Crippen LogP contribution in [0.5, 0.6) is 0 Å². The summed E-state index contributed by atoms with van der Waals surface area (Å²) in [6.07, 6.45) is 7.69. The molecule has 0 radical (unpaired) electrons. The standard InChI is InChI=1S/C20H31NS3/c1-3-5-12-22-14-11-21-17-20(18-9-7-8-10-19(18)21)24-16-15-23-13-6-4-2/h7-10,17H,3-6,11-16H2,1-2H3. The van der Waals surface area contributed by atoms with Crippen LogP contribution in [0.3, 0.4) is 0 Å². The van der Waals surface area contributed by atoms with Crippen LogP contribution in [0.2, 0.25) is 0 Å². The van der Waals surface area contributed by atoms with Gasteiger partial charge in [0.1, 0.15) is 0 Å². The molecule has 0 aliphatic heterocycles. The molecule has 0 aliphatic carbocycles. The summed E-state index contributed by atoms with van der Waals surface area (Å²) in [5.74, 6) is 6.31. The molecule has 0 aliphatic rings. The summed E-state index contributed by atoms with van der Waals surface area (Å²) in [6.45, 7) is 5.66. The number of aromatic nitrogens is 1. The van der Waals surface area contributed by atoms with E-state index in [-0.39, 0.29) is 0 Å². The lowest BCUT2D eigenvalue weighted by atomic mass is 10.2. The van der Waals surface area contributed by atoms with Gasteiger partial charge < -0.3 is 4.57 Å². The second kappa shape index (κ2) is 12.2. The van der Waals surface area contributed by atoms with Crippen LogP contribution in [0.25, 0.3) is 10.9 Å². The van der Waals surface area contributed by atoms with E-state index in [2.05, 4.69) is 72.4 Å². The molecule has 2 aromatic rings. The smallest absolute Gasteiger partial charge is 0.0492 e. The summed E-state index contributed by atoms with van der Waals surface area (Å²) in [5, 5.41) is 1.43. The number of nitrogens with zero attached hydrogens (tertiary/aromatic N) is 1. The van der Waals surface area contributed by atoms with E-state index < -0.39 is 0 Å². The lowest BCUT2D eigenvalue weighted by Crippen LogP contribution is -1.99. The molecule has 0 saturated carbocycles. The fourth-order valence-electron chi connectivity index (χ4n) is 2.58. The third-order valence-electron chi connectivity index (χ3n) is 4.00. The fraction of sp³-hybridized carbons (Fsp3) is 0.600. The summed E-state index contributed by atoms with van der Waals surface area (Å²) >= 11 is 6.22. The Hall–Kier alpha value is -0.190. The van der Waals surface area contributed by atoms with Crippen molar-refractivity contribution < 1.29 is 0 Å². The normalized spacial score (nSPS) is 11.4. The summed E-state index contributed by atoms with van der Waals surface area (Å²) in [4.78, 5) is 1.46. The van der Waals surface area contributed by atoms with E-state index in [1.807, 2.05) is 11.8 Å². The first-order valence-electron chi connectivity index (χ1n) is 9.23. The first-order valence-corrected chi connectivity index (χ1v) is 12.5. The highest BCUT2D eigenvalue weighted by atomic mass is 32.2. The topological polar surface area (TPSA) is 4.93 Å². The van der Waals surface area contributed by atoms with Gasteiger partial charge in [-0.1, -0.05) is 44.9 Å². The minimum atomic E-state index is 1.13. The van der Waals surface area contributed by atoms with Crippen LogP contribution in [-0.2, 0) is 6.54 Å². The van der Waals surface area contributed by atoms with E-state index >= 15 is 0 Å². The number of para-hydroxylation sites is 1. The van der Waals surface area contributed by atoms with Gasteiger partial charge in [0.15, 0.2) is 0 Å². The van der Waals surface area contributed by atoms with Gasteiger partial charge in [-0.15, -0.1) is 11.8 Å². The quantitative estimate of drug-likeness (QED) is 0.278. The van der Waals surface area contributed by atoms with Gasteiger partial charge in [-0.05, 0) is 30.4 Å². The lowest BCUT2D eigenvalue weighted by Gasteiger charge is -2.04. The highest BCUT2D eigenvalue weighted by molar-refractivity contribution is 8.03. The van der Waals surface area contributed by atoms with E-state index in [4.69, 9.17) is 0 Å². The van der Waals surface area contributed by atoms with Gasteiger partial charge in [0.05, 0.1) is 0 Å². The number of hydrogen-bond acceptors (Lipinski definition) is 3. The number of thioether (sulfide) groups is 3. The molecule has 1 nitrogen and oxygen atoms in total. The Labute approximate surface area is 160 Å². The maximum Gasteiger partial charge on any atom is 0.0492 e. The molecule has 134 valence electrons. The van der Waals surface area contributed by atoms with Gasteiger partial charge in [-0.25, -0.2) is 0 Å². The van der Waals surface area contributed by atoms with E-state index in [0.29, 0.717) is 0 Å². The van der Waals surface area contributed by atoms with Crippen LogP contribution < -0.4 is 0 Å². The van der Waals surface area contributed by atoms with Crippen LogP contribution >= 0.6 is 35.3 Å². The molecule has 2 rings (SSSR count).